The van der Waals surface area contributed by atoms with Gasteiger partial charge in [0.2, 0.25) is 0 Å². The summed E-state index contributed by atoms with van der Waals surface area (Å²) in [4.78, 5) is 18.7. The molecule has 2 amide bonds. The molecule has 0 saturated heterocycles. The Bertz CT molecular complexity index is 676. The fourth-order valence-corrected chi connectivity index (χ4v) is 2.61. The summed E-state index contributed by atoms with van der Waals surface area (Å²) in [6, 6.07) is 8.62. The lowest BCUT2D eigenvalue weighted by atomic mass is 10.1. The summed E-state index contributed by atoms with van der Waals surface area (Å²) in [5.41, 5.74) is 2.48. The summed E-state index contributed by atoms with van der Waals surface area (Å²) in [6.45, 7) is 11.3. The Hall–Kier alpha value is -2.30. The molecule has 5 nitrogen and oxygen atoms in total. The second-order valence-electron chi connectivity index (χ2n) is 6.79. The normalized spacial score (nSPS) is 11.1. The molecule has 0 unspecified atom stereocenters. The summed E-state index contributed by atoms with van der Waals surface area (Å²) in [5.74, 6) is 0.893. The Morgan fingerprint density at radius 1 is 1.29 bits per heavy atom. The minimum absolute atomic E-state index is 0.0508. The van der Waals surface area contributed by atoms with Gasteiger partial charge < -0.3 is 14.8 Å². The van der Waals surface area contributed by atoms with Gasteiger partial charge in [-0.2, -0.15) is 0 Å². The molecule has 130 valence electrons. The first-order valence-electron chi connectivity index (χ1n) is 8.49. The van der Waals surface area contributed by atoms with Crippen LogP contribution in [0.4, 0.5) is 4.79 Å². The first kappa shape index (κ1) is 18.0. The van der Waals surface area contributed by atoms with E-state index in [1.165, 1.54) is 11.1 Å². The minimum Gasteiger partial charge on any atom is -0.336 e. The number of carbonyl (C=O) groups is 1. The van der Waals surface area contributed by atoms with Gasteiger partial charge >= 0.3 is 6.03 Å². The number of nitrogens with zero attached hydrogens (tertiary/aromatic N) is 3. The molecule has 0 aliphatic rings. The van der Waals surface area contributed by atoms with E-state index in [4.69, 9.17) is 0 Å². The molecule has 0 aliphatic carbocycles. The summed E-state index contributed by atoms with van der Waals surface area (Å²) in [6.07, 6.45) is 3.76. The van der Waals surface area contributed by atoms with Crippen LogP contribution in [0.5, 0.6) is 0 Å². The minimum atomic E-state index is -0.0508. The van der Waals surface area contributed by atoms with Crippen LogP contribution in [0, 0.1) is 6.92 Å². The van der Waals surface area contributed by atoms with Gasteiger partial charge in [0, 0.05) is 31.0 Å². The second kappa shape index (κ2) is 7.99. The van der Waals surface area contributed by atoms with Crippen molar-refractivity contribution >= 4 is 6.03 Å². The molecule has 2 rings (SSSR count). The van der Waals surface area contributed by atoms with Crippen LogP contribution in [0.1, 0.15) is 44.6 Å². The highest BCUT2D eigenvalue weighted by molar-refractivity contribution is 5.74. The van der Waals surface area contributed by atoms with Crippen molar-refractivity contribution in [2.45, 2.75) is 59.8 Å². The quantitative estimate of drug-likeness (QED) is 0.881. The molecule has 0 spiro atoms. The molecule has 0 saturated carbocycles. The monoisotopic (exact) mass is 328 g/mol. The van der Waals surface area contributed by atoms with Crippen LogP contribution in [0.2, 0.25) is 0 Å². The van der Waals surface area contributed by atoms with Gasteiger partial charge in [-0.15, -0.1) is 0 Å². The highest BCUT2D eigenvalue weighted by Crippen LogP contribution is 2.12. The van der Waals surface area contributed by atoms with Crippen molar-refractivity contribution in [2.75, 3.05) is 0 Å². The maximum atomic E-state index is 12.4. The number of aromatic nitrogens is 2. The Morgan fingerprint density at radius 3 is 2.67 bits per heavy atom. The zero-order chi connectivity index (χ0) is 17.7. The van der Waals surface area contributed by atoms with Crippen molar-refractivity contribution in [1.82, 2.24) is 19.8 Å². The van der Waals surface area contributed by atoms with Crippen LogP contribution in [-0.2, 0) is 13.1 Å². The maximum absolute atomic E-state index is 12.4. The van der Waals surface area contributed by atoms with Crippen molar-refractivity contribution in [3.05, 3.63) is 53.6 Å². The Kier molecular flexibility index (Phi) is 6.01. The zero-order valence-electron chi connectivity index (χ0n) is 15.3. The molecule has 1 aromatic heterocycles. The number of imidazole rings is 1. The molecule has 0 fully saturated rings. The maximum Gasteiger partial charge on any atom is 0.318 e. The van der Waals surface area contributed by atoms with E-state index < -0.39 is 0 Å². The van der Waals surface area contributed by atoms with Crippen LogP contribution in [0.25, 0.3) is 0 Å². The van der Waals surface area contributed by atoms with Gasteiger partial charge in [-0.3, -0.25) is 0 Å². The molecule has 0 bridgehead atoms. The van der Waals surface area contributed by atoms with Gasteiger partial charge in [0.1, 0.15) is 5.82 Å². The van der Waals surface area contributed by atoms with Crippen molar-refractivity contribution < 1.29 is 4.79 Å². The highest BCUT2D eigenvalue weighted by Gasteiger charge is 2.20. The Labute approximate surface area is 144 Å². The second-order valence-corrected chi connectivity index (χ2v) is 6.79. The fourth-order valence-electron chi connectivity index (χ4n) is 2.61. The van der Waals surface area contributed by atoms with Crippen molar-refractivity contribution in [2.24, 2.45) is 0 Å². The highest BCUT2D eigenvalue weighted by atomic mass is 16.2. The third kappa shape index (κ3) is 4.85. The van der Waals surface area contributed by atoms with E-state index in [9.17, 15) is 4.79 Å². The van der Waals surface area contributed by atoms with E-state index in [2.05, 4.69) is 46.1 Å². The number of carbonyl (C=O) groups excluding carboxylic acids is 1. The Morgan fingerprint density at radius 2 is 2.04 bits per heavy atom. The largest absolute Gasteiger partial charge is 0.336 e. The van der Waals surface area contributed by atoms with E-state index in [1.54, 1.807) is 6.20 Å². The molecule has 5 heteroatoms. The van der Waals surface area contributed by atoms with Crippen molar-refractivity contribution in [1.29, 1.82) is 0 Å². The molecule has 2 aromatic rings. The first-order chi connectivity index (χ1) is 11.4. The van der Waals surface area contributed by atoms with Crippen molar-refractivity contribution in [3.63, 3.8) is 0 Å². The number of amides is 2. The topological polar surface area (TPSA) is 50.2 Å². The number of nitrogens with one attached hydrogen (secondary N) is 1. The summed E-state index contributed by atoms with van der Waals surface area (Å²) in [7, 11) is 0. The predicted octanol–water partition coefficient (Wildman–Crippen LogP) is 3.57. The third-order valence-corrected chi connectivity index (χ3v) is 3.85. The number of urea groups is 1. The average molecular weight is 328 g/mol. The van der Waals surface area contributed by atoms with Crippen LogP contribution >= 0.6 is 0 Å². The molecular formula is C19H28N4O. The molecule has 1 N–H and O–H groups in total. The fraction of sp³-hybridized carbons (Fsp3) is 0.474. The Balaban J connectivity index is 2.14. The van der Waals surface area contributed by atoms with E-state index in [0.29, 0.717) is 6.54 Å². The van der Waals surface area contributed by atoms with E-state index >= 15 is 0 Å². The summed E-state index contributed by atoms with van der Waals surface area (Å²) >= 11 is 0. The van der Waals surface area contributed by atoms with Gasteiger partial charge in [0.25, 0.3) is 0 Å². The number of hydrogen-bond acceptors (Lipinski definition) is 2. The summed E-state index contributed by atoms with van der Waals surface area (Å²) in [5, 5.41) is 2.96. The lowest BCUT2D eigenvalue weighted by Gasteiger charge is -2.28. The van der Waals surface area contributed by atoms with Gasteiger partial charge in [0.15, 0.2) is 0 Å². The lowest BCUT2D eigenvalue weighted by Crippen LogP contribution is -2.46. The van der Waals surface area contributed by atoms with Gasteiger partial charge in [-0.25, -0.2) is 9.78 Å². The molecule has 24 heavy (non-hydrogen) atoms. The lowest BCUT2D eigenvalue weighted by molar-refractivity contribution is 0.174. The smallest absolute Gasteiger partial charge is 0.318 e. The number of hydrogen-bond donors (Lipinski definition) is 1. The molecule has 0 atom stereocenters. The number of benzene rings is 1. The van der Waals surface area contributed by atoms with Crippen LogP contribution < -0.4 is 5.32 Å². The van der Waals surface area contributed by atoms with E-state index in [0.717, 1.165) is 12.4 Å². The predicted molar refractivity (Wildman–Crippen MR) is 96.9 cm³/mol. The van der Waals surface area contributed by atoms with E-state index in [-0.39, 0.29) is 18.1 Å². The van der Waals surface area contributed by atoms with Crippen molar-refractivity contribution in [3.8, 4) is 0 Å². The number of aryl methyl sites for hydroxylation is 1. The summed E-state index contributed by atoms with van der Waals surface area (Å²) < 4.78 is 2.10. The van der Waals surface area contributed by atoms with E-state index in [1.807, 2.05) is 38.8 Å². The molecular weight excluding hydrogens is 300 g/mol. The molecule has 0 aliphatic heterocycles. The van der Waals surface area contributed by atoms with Crippen LogP contribution in [-0.4, -0.2) is 32.6 Å². The van der Waals surface area contributed by atoms with Gasteiger partial charge in [0.05, 0.1) is 6.54 Å². The molecule has 1 heterocycles. The SMILES string of the molecule is Cc1cccc(Cn2ccnc2CN(C(=O)NC(C)C)C(C)C)c1. The number of rotatable bonds is 6. The zero-order valence-corrected chi connectivity index (χ0v) is 15.3. The average Bonchev–Trinajstić information content (AvgIpc) is 2.90. The van der Waals surface area contributed by atoms with Crippen LogP contribution in [0.15, 0.2) is 36.7 Å². The van der Waals surface area contributed by atoms with Crippen LogP contribution in [0.3, 0.4) is 0 Å². The van der Waals surface area contributed by atoms with Gasteiger partial charge in [-0.1, -0.05) is 29.8 Å². The van der Waals surface area contributed by atoms with Gasteiger partial charge in [-0.05, 0) is 40.2 Å². The molecule has 0 radical (unpaired) electrons. The third-order valence-electron chi connectivity index (χ3n) is 3.85. The first-order valence-corrected chi connectivity index (χ1v) is 8.49. The molecule has 1 aromatic carbocycles. The standard InChI is InChI=1S/C19H28N4O/c1-14(2)21-19(24)23(15(3)4)13-18-20-9-10-22(18)12-17-8-6-7-16(5)11-17/h6-11,14-15H,12-13H2,1-5H3,(H,21,24).